The van der Waals surface area contributed by atoms with E-state index in [1.807, 2.05) is 38.1 Å². The number of nitrogens with one attached hydrogen (secondary N) is 1. The van der Waals surface area contributed by atoms with Gasteiger partial charge in [0.25, 0.3) is 0 Å². The Balaban J connectivity index is 1.68. The first kappa shape index (κ1) is 28.1. The number of benzene rings is 2. The number of methoxy groups -OCH3 is 1. The predicted octanol–water partition coefficient (Wildman–Crippen LogP) is 6.92. The average molecular weight is 578 g/mol. The summed E-state index contributed by atoms with van der Waals surface area (Å²) < 4.78 is 19.1. The number of hydrogen-bond acceptors (Lipinski definition) is 8. The van der Waals surface area contributed by atoms with Crippen LogP contribution in [-0.2, 0) is 16.1 Å². The van der Waals surface area contributed by atoms with Crippen molar-refractivity contribution < 1.29 is 19.0 Å². The summed E-state index contributed by atoms with van der Waals surface area (Å²) in [6.45, 7) is 6.57. The number of thioether (sulfide) groups is 1. The first-order chi connectivity index (χ1) is 18.4. The van der Waals surface area contributed by atoms with E-state index in [1.165, 1.54) is 11.8 Å². The molecule has 4 rings (SSSR count). The molecule has 38 heavy (non-hydrogen) atoms. The SMILES string of the molecule is CCCCOC(=O)C1=C(C)Nc2nc(SCC)nn2C1c1ccc(OCc2ccc(Cl)c(Cl)c2)c(OC)c1. The molecule has 0 saturated carbocycles. The van der Waals surface area contributed by atoms with Crippen molar-refractivity contribution in [2.75, 3.05) is 24.8 Å². The lowest BCUT2D eigenvalue weighted by Crippen LogP contribution is -2.29. The zero-order valence-electron chi connectivity index (χ0n) is 21.7. The molecule has 3 aromatic rings. The van der Waals surface area contributed by atoms with Gasteiger partial charge in [-0.2, -0.15) is 4.98 Å². The summed E-state index contributed by atoms with van der Waals surface area (Å²) in [5.41, 5.74) is 2.79. The minimum Gasteiger partial charge on any atom is -0.493 e. The fourth-order valence-electron chi connectivity index (χ4n) is 4.05. The normalized spacial score (nSPS) is 14.6. The van der Waals surface area contributed by atoms with Gasteiger partial charge in [-0.25, -0.2) is 9.48 Å². The van der Waals surface area contributed by atoms with Gasteiger partial charge in [0.15, 0.2) is 11.5 Å². The van der Waals surface area contributed by atoms with Crippen LogP contribution in [0.1, 0.15) is 50.8 Å². The number of carbonyl (C=O) groups is 1. The van der Waals surface area contributed by atoms with Gasteiger partial charge in [0.1, 0.15) is 12.6 Å². The number of allylic oxidation sites excluding steroid dienone is 1. The number of rotatable bonds is 11. The summed E-state index contributed by atoms with van der Waals surface area (Å²) in [7, 11) is 1.57. The topological polar surface area (TPSA) is 87.5 Å². The molecule has 0 radical (unpaired) electrons. The molecule has 1 aliphatic heterocycles. The van der Waals surface area contributed by atoms with E-state index < -0.39 is 12.0 Å². The molecule has 202 valence electrons. The molecular weight excluding hydrogens is 547 g/mol. The molecule has 0 aliphatic carbocycles. The third kappa shape index (κ3) is 6.22. The van der Waals surface area contributed by atoms with Crippen molar-refractivity contribution >= 4 is 46.9 Å². The molecule has 0 fully saturated rings. The minimum atomic E-state index is -0.558. The van der Waals surface area contributed by atoms with E-state index in [4.69, 9.17) is 42.5 Å². The number of carbonyl (C=O) groups excluding carboxylic acids is 1. The highest BCUT2D eigenvalue weighted by atomic mass is 35.5. The van der Waals surface area contributed by atoms with E-state index in [0.29, 0.717) is 50.5 Å². The van der Waals surface area contributed by atoms with Crippen molar-refractivity contribution in [3.05, 3.63) is 68.8 Å². The molecule has 0 spiro atoms. The van der Waals surface area contributed by atoms with Gasteiger partial charge in [0.05, 0.1) is 29.3 Å². The Labute approximate surface area is 236 Å². The van der Waals surface area contributed by atoms with E-state index in [2.05, 4.69) is 17.2 Å². The van der Waals surface area contributed by atoms with E-state index in [1.54, 1.807) is 23.9 Å². The lowest BCUT2D eigenvalue weighted by molar-refractivity contribution is -0.139. The number of ether oxygens (including phenoxy) is 3. The van der Waals surface area contributed by atoms with Gasteiger partial charge in [-0.1, -0.05) is 67.4 Å². The van der Waals surface area contributed by atoms with Crippen LogP contribution in [0.3, 0.4) is 0 Å². The third-order valence-corrected chi connectivity index (χ3v) is 7.40. The Bertz CT molecular complexity index is 1340. The molecule has 1 aliphatic rings. The average Bonchev–Trinajstić information content (AvgIpc) is 3.30. The van der Waals surface area contributed by atoms with Crippen molar-refractivity contribution in [1.29, 1.82) is 0 Å². The minimum absolute atomic E-state index is 0.277. The highest BCUT2D eigenvalue weighted by molar-refractivity contribution is 7.99. The third-order valence-electron chi connectivity index (χ3n) is 5.94. The predicted molar refractivity (Wildman–Crippen MR) is 151 cm³/mol. The van der Waals surface area contributed by atoms with Crippen LogP contribution in [0.25, 0.3) is 0 Å². The largest absolute Gasteiger partial charge is 0.493 e. The van der Waals surface area contributed by atoms with Gasteiger partial charge in [-0.05, 0) is 54.5 Å². The van der Waals surface area contributed by atoms with Gasteiger partial charge in [-0.3, -0.25) is 0 Å². The van der Waals surface area contributed by atoms with Crippen molar-refractivity contribution in [3.63, 3.8) is 0 Å². The van der Waals surface area contributed by atoms with Gasteiger partial charge in [0, 0.05) is 5.70 Å². The van der Waals surface area contributed by atoms with Gasteiger partial charge >= 0.3 is 5.97 Å². The van der Waals surface area contributed by atoms with Crippen LogP contribution in [0.5, 0.6) is 11.5 Å². The fourth-order valence-corrected chi connectivity index (χ4v) is 4.92. The zero-order chi connectivity index (χ0) is 27.2. The van der Waals surface area contributed by atoms with E-state index >= 15 is 0 Å². The number of aromatic nitrogens is 3. The van der Waals surface area contributed by atoms with Gasteiger partial charge in [-0.15, -0.1) is 5.10 Å². The van der Waals surface area contributed by atoms with Crippen LogP contribution in [0.15, 0.2) is 52.8 Å². The Morgan fingerprint density at radius 3 is 2.66 bits per heavy atom. The molecular formula is C27H30Cl2N4O4S. The van der Waals surface area contributed by atoms with E-state index in [-0.39, 0.29) is 6.61 Å². The maximum Gasteiger partial charge on any atom is 0.338 e. The first-order valence-corrected chi connectivity index (χ1v) is 14.1. The number of anilines is 1. The molecule has 2 aromatic carbocycles. The quantitative estimate of drug-likeness (QED) is 0.149. The fraction of sp³-hybridized carbons (Fsp3) is 0.370. The Hall–Kier alpha value is -2.88. The molecule has 1 unspecified atom stereocenters. The summed E-state index contributed by atoms with van der Waals surface area (Å²) in [5.74, 6) is 2.06. The van der Waals surface area contributed by atoms with Crippen molar-refractivity contribution in [2.45, 2.75) is 51.4 Å². The molecule has 0 bridgehead atoms. The molecule has 1 N–H and O–H groups in total. The van der Waals surface area contributed by atoms with Gasteiger partial charge < -0.3 is 19.5 Å². The molecule has 0 amide bonds. The maximum atomic E-state index is 13.3. The molecule has 1 aromatic heterocycles. The van der Waals surface area contributed by atoms with E-state index in [9.17, 15) is 4.79 Å². The smallest absolute Gasteiger partial charge is 0.338 e. The standard InChI is InChI=1S/C27H30Cl2N4O4S/c1-5-7-12-36-25(34)23-16(3)30-26-31-27(38-6-2)32-33(26)24(23)18-9-11-21(22(14-18)35-4)37-15-17-8-10-19(28)20(29)13-17/h8-11,13-14,24H,5-7,12,15H2,1-4H3,(H,30,31,32). The lowest BCUT2D eigenvalue weighted by atomic mass is 9.95. The molecule has 1 atom stereocenters. The monoisotopic (exact) mass is 576 g/mol. The van der Waals surface area contributed by atoms with Crippen LogP contribution < -0.4 is 14.8 Å². The van der Waals surface area contributed by atoms with Crippen LogP contribution in [-0.4, -0.2) is 40.2 Å². The summed E-state index contributed by atoms with van der Waals surface area (Å²) in [4.78, 5) is 17.9. The number of hydrogen-bond donors (Lipinski definition) is 1. The van der Waals surface area contributed by atoms with Crippen LogP contribution in [0.2, 0.25) is 10.0 Å². The summed E-state index contributed by atoms with van der Waals surface area (Å²) in [6.07, 6.45) is 1.72. The Kier molecular flexibility index (Phi) is 9.46. The summed E-state index contributed by atoms with van der Waals surface area (Å²) in [5, 5.41) is 9.50. The van der Waals surface area contributed by atoms with Crippen molar-refractivity contribution in [1.82, 2.24) is 14.8 Å². The molecule has 2 heterocycles. The number of unbranched alkanes of at least 4 members (excludes halogenated alkanes) is 1. The lowest BCUT2D eigenvalue weighted by Gasteiger charge is -2.28. The molecule has 11 heteroatoms. The number of esters is 1. The number of fused-ring (bicyclic) bond motifs is 1. The second-order valence-electron chi connectivity index (χ2n) is 8.60. The summed E-state index contributed by atoms with van der Waals surface area (Å²) >= 11 is 13.7. The van der Waals surface area contributed by atoms with Crippen molar-refractivity contribution in [3.8, 4) is 11.5 Å². The number of halogens is 2. The highest BCUT2D eigenvalue weighted by Crippen LogP contribution is 2.40. The second kappa shape index (κ2) is 12.8. The molecule has 0 saturated heterocycles. The van der Waals surface area contributed by atoms with Crippen LogP contribution in [0, 0.1) is 0 Å². The Morgan fingerprint density at radius 1 is 1.13 bits per heavy atom. The highest BCUT2D eigenvalue weighted by Gasteiger charge is 2.35. The zero-order valence-corrected chi connectivity index (χ0v) is 24.0. The van der Waals surface area contributed by atoms with Crippen LogP contribution in [0.4, 0.5) is 5.95 Å². The summed E-state index contributed by atoms with van der Waals surface area (Å²) in [6, 6.07) is 10.4. The van der Waals surface area contributed by atoms with Crippen molar-refractivity contribution in [2.24, 2.45) is 0 Å². The number of nitrogens with zero attached hydrogens (tertiary/aromatic N) is 3. The Morgan fingerprint density at radius 2 is 1.95 bits per heavy atom. The van der Waals surface area contributed by atoms with Gasteiger partial charge in [0.2, 0.25) is 11.1 Å². The second-order valence-corrected chi connectivity index (χ2v) is 10.6. The molecule has 8 nitrogen and oxygen atoms in total. The maximum absolute atomic E-state index is 13.3. The van der Waals surface area contributed by atoms with E-state index in [0.717, 1.165) is 29.7 Å². The first-order valence-electron chi connectivity index (χ1n) is 12.3. The van der Waals surface area contributed by atoms with Crippen LogP contribution >= 0.6 is 35.0 Å².